The lowest BCUT2D eigenvalue weighted by Gasteiger charge is -2.19. The first-order chi connectivity index (χ1) is 10.1. The van der Waals surface area contributed by atoms with Crippen molar-refractivity contribution in [2.75, 3.05) is 13.7 Å². The Morgan fingerprint density at radius 2 is 1.67 bits per heavy atom. The summed E-state index contributed by atoms with van der Waals surface area (Å²) in [5.41, 5.74) is 1.40. The minimum Gasteiger partial charge on any atom is -0.496 e. The molecule has 21 heavy (non-hydrogen) atoms. The Bertz CT molecular complexity index is 629. The number of aliphatic hydroxyl groups is 1. The van der Waals surface area contributed by atoms with E-state index in [1.54, 1.807) is 7.11 Å². The maximum Gasteiger partial charge on any atom is 0.126 e. The van der Waals surface area contributed by atoms with E-state index >= 15 is 0 Å². The van der Waals surface area contributed by atoms with Gasteiger partial charge in [-0.3, -0.25) is 0 Å². The van der Waals surface area contributed by atoms with E-state index in [0.717, 1.165) is 8.95 Å². The Kier molecular flexibility index (Phi) is 5.67. The molecule has 2 aromatic carbocycles. The SMILES string of the molecule is CCOc1ccc(Br)cc1C(O)c1ccc(Br)cc1OC. The molecule has 2 rings (SSSR count). The summed E-state index contributed by atoms with van der Waals surface area (Å²) in [4.78, 5) is 0. The van der Waals surface area contributed by atoms with Crippen LogP contribution in [0.1, 0.15) is 24.2 Å². The van der Waals surface area contributed by atoms with E-state index in [1.807, 2.05) is 43.3 Å². The molecule has 0 amide bonds. The Morgan fingerprint density at radius 3 is 2.33 bits per heavy atom. The third-order valence-corrected chi connectivity index (χ3v) is 4.04. The molecule has 1 atom stereocenters. The molecule has 1 unspecified atom stereocenters. The molecule has 1 N–H and O–H groups in total. The number of methoxy groups -OCH3 is 1. The van der Waals surface area contributed by atoms with Crippen LogP contribution in [-0.4, -0.2) is 18.8 Å². The Morgan fingerprint density at radius 1 is 1.00 bits per heavy atom. The lowest BCUT2D eigenvalue weighted by Crippen LogP contribution is -2.06. The molecule has 0 radical (unpaired) electrons. The first-order valence-corrected chi connectivity index (χ1v) is 8.09. The third kappa shape index (κ3) is 3.78. The highest BCUT2D eigenvalue weighted by Gasteiger charge is 2.20. The van der Waals surface area contributed by atoms with Crippen LogP contribution < -0.4 is 9.47 Å². The topological polar surface area (TPSA) is 38.7 Å². The van der Waals surface area contributed by atoms with Gasteiger partial charge in [-0.25, -0.2) is 0 Å². The fourth-order valence-electron chi connectivity index (χ4n) is 2.10. The molecule has 0 fully saturated rings. The Balaban J connectivity index is 2.48. The predicted molar refractivity (Wildman–Crippen MR) is 90.1 cm³/mol. The number of halogens is 2. The zero-order valence-electron chi connectivity index (χ0n) is 11.8. The van der Waals surface area contributed by atoms with Gasteiger partial charge in [0.15, 0.2) is 0 Å². The van der Waals surface area contributed by atoms with Gasteiger partial charge < -0.3 is 14.6 Å². The van der Waals surface area contributed by atoms with Crippen molar-refractivity contribution >= 4 is 31.9 Å². The molecule has 0 aliphatic heterocycles. The molecular formula is C16H16Br2O3. The van der Waals surface area contributed by atoms with Crippen molar-refractivity contribution in [1.29, 1.82) is 0 Å². The monoisotopic (exact) mass is 414 g/mol. The third-order valence-electron chi connectivity index (χ3n) is 3.06. The van der Waals surface area contributed by atoms with E-state index in [2.05, 4.69) is 31.9 Å². The molecule has 3 nitrogen and oxygen atoms in total. The summed E-state index contributed by atoms with van der Waals surface area (Å²) in [6.45, 7) is 2.46. The first-order valence-electron chi connectivity index (χ1n) is 6.50. The van der Waals surface area contributed by atoms with E-state index in [4.69, 9.17) is 9.47 Å². The number of benzene rings is 2. The highest BCUT2D eigenvalue weighted by molar-refractivity contribution is 9.10. The van der Waals surface area contributed by atoms with Crippen LogP contribution in [0.2, 0.25) is 0 Å². The molecule has 0 saturated carbocycles. The van der Waals surface area contributed by atoms with Crippen LogP contribution in [0.25, 0.3) is 0 Å². The molecule has 2 aromatic rings. The quantitative estimate of drug-likeness (QED) is 0.768. The number of ether oxygens (including phenoxy) is 2. The fourth-order valence-corrected chi connectivity index (χ4v) is 2.82. The van der Waals surface area contributed by atoms with Crippen molar-refractivity contribution in [1.82, 2.24) is 0 Å². The molecule has 0 aliphatic carbocycles. The van der Waals surface area contributed by atoms with Gasteiger partial charge in [0.2, 0.25) is 0 Å². The van der Waals surface area contributed by atoms with Gasteiger partial charge in [-0.1, -0.05) is 37.9 Å². The van der Waals surface area contributed by atoms with Crippen LogP contribution in [0.3, 0.4) is 0 Å². The van der Waals surface area contributed by atoms with Gasteiger partial charge in [0.05, 0.1) is 13.7 Å². The molecule has 0 spiro atoms. The normalized spacial score (nSPS) is 12.0. The number of hydrogen-bond donors (Lipinski definition) is 1. The smallest absolute Gasteiger partial charge is 0.126 e. The minimum absolute atomic E-state index is 0.541. The number of aliphatic hydroxyl groups excluding tert-OH is 1. The van der Waals surface area contributed by atoms with Crippen LogP contribution in [0.4, 0.5) is 0 Å². The average molecular weight is 416 g/mol. The molecule has 112 valence electrons. The predicted octanol–water partition coefficient (Wildman–Crippen LogP) is 4.70. The number of hydrogen-bond acceptors (Lipinski definition) is 3. The fraction of sp³-hybridized carbons (Fsp3) is 0.250. The van der Waals surface area contributed by atoms with Crippen LogP contribution in [0.15, 0.2) is 45.3 Å². The van der Waals surface area contributed by atoms with E-state index in [0.29, 0.717) is 29.2 Å². The van der Waals surface area contributed by atoms with Crippen molar-refractivity contribution in [3.05, 3.63) is 56.5 Å². The molecular weight excluding hydrogens is 400 g/mol. The summed E-state index contributed by atoms with van der Waals surface area (Å²) < 4.78 is 12.7. The molecule has 0 aromatic heterocycles. The van der Waals surface area contributed by atoms with Gasteiger partial charge in [0, 0.05) is 20.1 Å². The first kappa shape index (κ1) is 16.3. The van der Waals surface area contributed by atoms with Gasteiger partial charge in [-0.15, -0.1) is 0 Å². The molecule has 0 bridgehead atoms. The Labute approximate surface area is 141 Å². The lowest BCUT2D eigenvalue weighted by molar-refractivity contribution is 0.207. The van der Waals surface area contributed by atoms with E-state index in [9.17, 15) is 5.11 Å². The highest BCUT2D eigenvalue weighted by atomic mass is 79.9. The van der Waals surface area contributed by atoms with Gasteiger partial charge in [-0.05, 0) is 37.3 Å². The van der Waals surface area contributed by atoms with Crippen molar-refractivity contribution in [2.45, 2.75) is 13.0 Å². The molecule has 0 aliphatic rings. The summed E-state index contributed by atoms with van der Waals surface area (Å²) in [6.07, 6.45) is -0.827. The van der Waals surface area contributed by atoms with Gasteiger partial charge >= 0.3 is 0 Å². The standard InChI is InChI=1S/C16H16Br2O3/c1-3-21-14-7-5-10(17)8-13(14)16(19)12-6-4-11(18)9-15(12)20-2/h4-9,16,19H,3H2,1-2H3. The van der Waals surface area contributed by atoms with Crippen LogP contribution in [0.5, 0.6) is 11.5 Å². The summed E-state index contributed by atoms with van der Waals surface area (Å²) in [5, 5.41) is 10.7. The summed E-state index contributed by atoms with van der Waals surface area (Å²) in [7, 11) is 1.59. The van der Waals surface area contributed by atoms with Crippen molar-refractivity contribution in [2.24, 2.45) is 0 Å². The van der Waals surface area contributed by atoms with Crippen molar-refractivity contribution < 1.29 is 14.6 Å². The highest BCUT2D eigenvalue weighted by Crippen LogP contribution is 2.37. The summed E-state index contributed by atoms with van der Waals surface area (Å²) in [5.74, 6) is 1.29. The van der Waals surface area contributed by atoms with Gasteiger partial charge in [0.1, 0.15) is 17.6 Å². The second-order valence-electron chi connectivity index (χ2n) is 4.40. The average Bonchev–Trinajstić information content (AvgIpc) is 2.48. The maximum absolute atomic E-state index is 10.7. The van der Waals surface area contributed by atoms with Crippen LogP contribution in [0, 0.1) is 0 Å². The van der Waals surface area contributed by atoms with Crippen molar-refractivity contribution in [3.8, 4) is 11.5 Å². The largest absolute Gasteiger partial charge is 0.496 e. The Hall–Kier alpha value is -1.04. The van der Waals surface area contributed by atoms with Crippen LogP contribution >= 0.6 is 31.9 Å². The van der Waals surface area contributed by atoms with E-state index in [-0.39, 0.29) is 0 Å². The van der Waals surface area contributed by atoms with E-state index in [1.165, 1.54) is 0 Å². The molecule has 5 heteroatoms. The summed E-state index contributed by atoms with van der Waals surface area (Å²) in [6, 6.07) is 11.1. The second kappa shape index (κ2) is 7.29. The van der Waals surface area contributed by atoms with Gasteiger partial charge in [-0.2, -0.15) is 0 Å². The summed E-state index contributed by atoms with van der Waals surface area (Å²) >= 11 is 6.83. The second-order valence-corrected chi connectivity index (χ2v) is 6.24. The van der Waals surface area contributed by atoms with Gasteiger partial charge in [0.25, 0.3) is 0 Å². The minimum atomic E-state index is -0.827. The lowest BCUT2D eigenvalue weighted by atomic mass is 10.00. The zero-order chi connectivity index (χ0) is 15.4. The van der Waals surface area contributed by atoms with E-state index < -0.39 is 6.10 Å². The van der Waals surface area contributed by atoms with Crippen molar-refractivity contribution in [3.63, 3.8) is 0 Å². The molecule has 0 saturated heterocycles. The van der Waals surface area contributed by atoms with Crippen LogP contribution in [-0.2, 0) is 0 Å². The maximum atomic E-state index is 10.7. The number of rotatable bonds is 5. The zero-order valence-corrected chi connectivity index (χ0v) is 14.9. The molecule has 0 heterocycles.